The average molecular weight is 262 g/mol. The number of hydrogen-bond donors (Lipinski definition) is 1. The van der Waals surface area contributed by atoms with Crippen molar-refractivity contribution < 1.29 is 9.53 Å². The summed E-state index contributed by atoms with van der Waals surface area (Å²) in [6.45, 7) is 9.14. The van der Waals surface area contributed by atoms with Gasteiger partial charge in [0.05, 0.1) is 5.92 Å². The summed E-state index contributed by atoms with van der Waals surface area (Å²) in [7, 11) is 0. The van der Waals surface area contributed by atoms with Gasteiger partial charge in [0.15, 0.2) is 0 Å². The summed E-state index contributed by atoms with van der Waals surface area (Å²) in [5, 5.41) is 3.29. The van der Waals surface area contributed by atoms with Gasteiger partial charge in [-0.3, -0.25) is 9.78 Å². The Balaban J connectivity index is 2.24. The number of aromatic nitrogens is 1. The molecule has 0 spiro atoms. The minimum Gasteiger partial charge on any atom is -0.460 e. The average Bonchev–Trinajstić information content (AvgIpc) is 2.72. The zero-order chi connectivity index (χ0) is 14.1. The first-order valence-corrected chi connectivity index (χ1v) is 6.68. The third kappa shape index (κ3) is 2.95. The van der Waals surface area contributed by atoms with Crippen LogP contribution in [0, 0.1) is 5.92 Å². The normalized spacial score (nSPS) is 27.3. The van der Waals surface area contributed by atoms with Gasteiger partial charge in [0.2, 0.25) is 0 Å². The fraction of sp³-hybridized carbons (Fsp3) is 0.600. The third-order valence-electron chi connectivity index (χ3n) is 3.55. The van der Waals surface area contributed by atoms with E-state index in [1.54, 1.807) is 6.20 Å². The molecule has 104 valence electrons. The molecule has 0 bridgehead atoms. The Morgan fingerprint density at radius 3 is 2.79 bits per heavy atom. The fourth-order valence-corrected chi connectivity index (χ4v) is 2.51. The van der Waals surface area contributed by atoms with E-state index >= 15 is 0 Å². The minimum atomic E-state index is -0.454. The van der Waals surface area contributed by atoms with Crippen molar-refractivity contribution in [3.05, 3.63) is 30.1 Å². The largest absolute Gasteiger partial charge is 0.460 e. The summed E-state index contributed by atoms with van der Waals surface area (Å²) in [6, 6.07) is 5.82. The van der Waals surface area contributed by atoms with Crippen molar-refractivity contribution in [3.8, 4) is 0 Å². The molecule has 0 amide bonds. The van der Waals surface area contributed by atoms with Gasteiger partial charge in [-0.15, -0.1) is 0 Å². The Morgan fingerprint density at radius 2 is 2.21 bits per heavy atom. The number of nitrogens with zero attached hydrogens (tertiary/aromatic N) is 1. The van der Waals surface area contributed by atoms with E-state index in [0.717, 1.165) is 12.2 Å². The highest BCUT2D eigenvalue weighted by atomic mass is 16.6. The molecule has 2 atom stereocenters. The molecule has 2 rings (SSSR count). The molecule has 1 fully saturated rings. The summed E-state index contributed by atoms with van der Waals surface area (Å²) in [6.07, 6.45) is 1.77. The molecule has 4 heteroatoms. The number of carbonyl (C=O) groups excluding carboxylic acids is 1. The van der Waals surface area contributed by atoms with Gasteiger partial charge in [0, 0.05) is 30.4 Å². The van der Waals surface area contributed by atoms with Gasteiger partial charge in [-0.25, -0.2) is 0 Å². The van der Waals surface area contributed by atoms with Crippen LogP contribution < -0.4 is 5.32 Å². The van der Waals surface area contributed by atoms with E-state index in [1.807, 2.05) is 39.0 Å². The molecule has 0 saturated carbocycles. The van der Waals surface area contributed by atoms with Crippen molar-refractivity contribution in [1.82, 2.24) is 10.3 Å². The maximum Gasteiger partial charge on any atom is 0.311 e. The number of pyridine rings is 1. The molecule has 2 unspecified atom stereocenters. The lowest BCUT2D eigenvalue weighted by atomic mass is 9.76. The minimum absolute atomic E-state index is 0.148. The van der Waals surface area contributed by atoms with Crippen LogP contribution in [0.25, 0.3) is 0 Å². The molecule has 19 heavy (non-hydrogen) atoms. The predicted molar refractivity (Wildman–Crippen MR) is 73.8 cm³/mol. The molecule has 1 N–H and O–H groups in total. The SMILES string of the molecule is CC(C)(C)OC(=O)C1CNCC1(C)c1ccccn1. The Labute approximate surface area is 114 Å². The molecule has 1 aromatic heterocycles. The van der Waals surface area contributed by atoms with Crippen molar-refractivity contribution in [1.29, 1.82) is 0 Å². The molecule has 1 aromatic rings. The van der Waals surface area contributed by atoms with Gasteiger partial charge in [0.1, 0.15) is 5.60 Å². The summed E-state index contributed by atoms with van der Waals surface area (Å²) < 4.78 is 5.53. The van der Waals surface area contributed by atoms with Crippen LogP contribution in [-0.2, 0) is 14.9 Å². The lowest BCUT2D eigenvalue weighted by molar-refractivity contribution is -0.161. The number of nitrogens with one attached hydrogen (secondary N) is 1. The second-order valence-electron chi connectivity index (χ2n) is 6.35. The van der Waals surface area contributed by atoms with Gasteiger partial charge in [-0.05, 0) is 32.9 Å². The van der Waals surface area contributed by atoms with Crippen LogP contribution in [0.15, 0.2) is 24.4 Å². The number of carbonyl (C=O) groups is 1. The van der Waals surface area contributed by atoms with Gasteiger partial charge in [0.25, 0.3) is 0 Å². The Bertz CT molecular complexity index is 453. The maximum absolute atomic E-state index is 12.4. The highest BCUT2D eigenvalue weighted by molar-refractivity contribution is 5.76. The molecular weight excluding hydrogens is 240 g/mol. The van der Waals surface area contributed by atoms with Gasteiger partial charge < -0.3 is 10.1 Å². The highest BCUT2D eigenvalue weighted by Crippen LogP contribution is 2.35. The van der Waals surface area contributed by atoms with E-state index in [4.69, 9.17) is 4.74 Å². The molecule has 0 aromatic carbocycles. The van der Waals surface area contributed by atoms with Crippen molar-refractivity contribution in [2.24, 2.45) is 5.92 Å². The third-order valence-corrected chi connectivity index (χ3v) is 3.55. The number of rotatable bonds is 2. The highest BCUT2D eigenvalue weighted by Gasteiger charge is 2.47. The standard InChI is InChI=1S/C15H22N2O2/c1-14(2,3)19-13(18)11-9-16-10-15(11,4)12-7-5-6-8-17-12/h5-8,11,16H,9-10H2,1-4H3. The number of esters is 1. The molecule has 1 aliphatic rings. The van der Waals surface area contributed by atoms with Gasteiger partial charge >= 0.3 is 5.97 Å². The van der Waals surface area contributed by atoms with Gasteiger partial charge in [-0.1, -0.05) is 13.0 Å². The van der Waals surface area contributed by atoms with Crippen LogP contribution in [0.5, 0.6) is 0 Å². The summed E-state index contributed by atoms with van der Waals surface area (Å²) in [4.78, 5) is 16.8. The second kappa shape index (κ2) is 4.93. The zero-order valence-corrected chi connectivity index (χ0v) is 12.1. The van der Waals surface area contributed by atoms with Crippen LogP contribution >= 0.6 is 0 Å². The number of hydrogen-bond acceptors (Lipinski definition) is 4. The van der Waals surface area contributed by atoms with Crippen molar-refractivity contribution >= 4 is 5.97 Å². The Kier molecular flexibility index (Phi) is 3.63. The van der Waals surface area contributed by atoms with Crippen LogP contribution in [0.1, 0.15) is 33.4 Å². The second-order valence-corrected chi connectivity index (χ2v) is 6.35. The van der Waals surface area contributed by atoms with E-state index in [1.165, 1.54) is 0 Å². The predicted octanol–water partition coefficient (Wildman–Crippen LogP) is 1.90. The van der Waals surface area contributed by atoms with Crippen LogP contribution in [0.3, 0.4) is 0 Å². The quantitative estimate of drug-likeness (QED) is 0.827. The molecule has 1 aliphatic heterocycles. The smallest absolute Gasteiger partial charge is 0.311 e. The first-order chi connectivity index (χ1) is 8.83. The van der Waals surface area contributed by atoms with Crippen LogP contribution in [-0.4, -0.2) is 29.6 Å². The maximum atomic E-state index is 12.4. The first-order valence-electron chi connectivity index (χ1n) is 6.68. The monoisotopic (exact) mass is 262 g/mol. The van der Waals surface area contributed by atoms with E-state index in [-0.39, 0.29) is 17.3 Å². The van der Waals surface area contributed by atoms with Crippen LogP contribution in [0.4, 0.5) is 0 Å². The Hall–Kier alpha value is -1.42. The zero-order valence-electron chi connectivity index (χ0n) is 12.1. The van der Waals surface area contributed by atoms with E-state index < -0.39 is 5.60 Å². The summed E-state index contributed by atoms with van der Waals surface area (Å²) in [5.74, 6) is -0.340. The van der Waals surface area contributed by atoms with Crippen molar-refractivity contribution in [2.45, 2.75) is 38.7 Å². The van der Waals surface area contributed by atoms with Gasteiger partial charge in [-0.2, -0.15) is 0 Å². The van der Waals surface area contributed by atoms with Crippen molar-refractivity contribution in [2.75, 3.05) is 13.1 Å². The topological polar surface area (TPSA) is 51.2 Å². The first kappa shape index (κ1) is 14.0. The lowest BCUT2D eigenvalue weighted by Gasteiger charge is -2.31. The summed E-state index contributed by atoms with van der Waals surface area (Å²) >= 11 is 0. The molecule has 0 radical (unpaired) electrons. The van der Waals surface area contributed by atoms with E-state index in [2.05, 4.69) is 17.2 Å². The molecule has 2 heterocycles. The Morgan fingerprint density at radius 1 is 1.47 bits per heavy atom. The van der Waals surface area contributed by atoms with E-state index in [0.29, 0.717) is 6.54 Å². The van der Waals surface area contributed by atoms with E-state index in [9.17, 15) is 4.79 Å². The summed E-state index contributed by atoms with van der Waals surface area (Å²) in [5.41, 5.74) is 0.185. The van der Waals surface area contributed by atoms with Crippen LogP contribution in [0.2, 0.25) is 0 Å². The molecule has 0 aliphatic carbocycles. The number of ether oxygens (including phenoxy) is 1. The fourth-order valence-electron chi connectivity index (χ4n) is 2.51. The lowest BCUT2D eigenvalue weighted by Crippen LogP contribution is -2.40. The van der Waals surface area contributed by atoms with Crippen molar-refractivity contribution in [3.63, 3.8) is 0 Å². The molecule has 4 nitrogen and oxygen atoms in total. The molecule has 1 saturated heterocycles. The molecular formula is C15H22N2O2.